The first-order valence-electron chi connectivity index (χ1n) is 10.8. The second-order valence-electron chi connectivity index (χ2n) is 7.86. The average molecular weight is 457 g/mol. The summed E-state index contributed by atoms with van der Waals surface area (Å²) < 4.78 is 0. The van der Waals surface area contributed by atoms with Crippen molar-refractivity contribution in [3.63, 3.8) is 0 Å². The maximum absolute atomic E-state index is 12.8. The molecule has 176 valence electrons. The number of aliphatic carboxylic acids is 1. The lowest BCUT2D eigenvalue weighted by Crippen LogP contribution is -2.54. The Morgan fingerprint density at radius 3 is 2.52 bits per heavy atom. The Morgan fingerprint density at radius 2 is 1.88 bits per heavy atom. The highest BCUT2D eigenvalue weighted by Crippen LogP contribution is 2.08. The van der Waals surface area contributed by atoms with Gasteiger partial charge < -0.3 is 31.4 Å². The minimum absolute atomic E-state index is 0.0239. The highest BCUT2D eigenvalue weighted by atomic mass is 16.4. The lowest BCUT2D eigenvalue weighted by molar-refractivity contribution is -0.141. The molecule has 1 aromatic carbocycles. The third-order valence-electron chi connectivity index (χ3n) is 5.33. The Morgan fingerprint density at radius 1 is 1.09 bits per heavy atom. The van der Waals surface area contributed by atoms with Crippen molar-refractivity contribution in [2.24, 2.45) is 0 Å². The molecule has 6 N–H and O–H groups in total. The fourth-order valence-corrected chi connectivity index (χ4v) is 3.59. The Labute approximate surface area is 190 Å². The summed E-state index contributed by atoms with van der Waals surface area (Å²) in [6.07, 6.45) is 4.75. The zero-order valence-corrected chi connectivity index (χ0v) is 18.0. The lowest BCUT2D eigenvalue weighted by atomic mass is 10.0. The number of imidazole rings is 1. The van der Waals surface area contributed by atoms with Crippen molar-refractivity contribution in [1.29, 1.82) is 0 Å². The van der Waals surface area contributed by atoms with Crippen molar-refractivity contribution >= 4 is 23.7 Å². The number of carboxylic acids is 1. The average Bonchev–Trinajstić information content (AvgIpc) is 3.51. The standard InChI is InChI=1S/C22H28N6O5/c29-19(27-18(22(32)33)10-15-11-23-13-26-15)12-25-20(30)17(9-14-5-2-1-3-6-14)28-21(31)16-7-4-8-24-16/h1-3,5-6,11,13,16-18,24H,4,7-10,12H2,(H,23,26)(H,25,30)(H,27,29)(H,28,31)(H,32,33). The maximum Gasteiger partial charge on any atom is 0.326 e. The molecule has 0 bridgehead atoms. The molecule has 1 saturated heterocycles. The molecule has 2 aromatic rings. The Bertz CT molecular complexity index is 943. The number of benzene rings is 1. The van der Waals surface area contributed by atoms with Gasteiger partial charge in [0.2, 0.25) is 17.7 Å². The molecule has 1 aliphatic heterocycles. The van der Waals surface area contributed by atoms with Crippen molar-refractivity contribution in [3.05, 3.63) is 54.1 Å². The van der Waals surface area contributed by atoms with Crippen LogP contribution in [0.2, 0.25) is 0 Å². The van der Waals surface area contributed by atoms with Gasteiger partial charge in [-0.15, -0.1) is 0 Å². The molecule has 11 nitrogen and oxygen atoms in total. The molecule has 11 heteroatoms. The molecule has 1 fully saturated rings. The Kier molecular flexibility index (Phi) is 8.53. The maximum atomic E-state index is 12.8. The van der Waals surface area contributed by atoms with Crippen LogP contribution in [0.3, 0.4) is 0 Å². The zero-order valence-electron chi connectivity index (χ0n) is 18.0. The van der Waals surface area contributed by atoms with E-state index in [1.165, 1.54) is 12.5 Å². The summed E-state index contributed by atoms with van der Waals surface area (Å²) in [4.78, 5) is 55.7. The van der Waals surface area contributed by atoms with Crippen LogP contribution < -0.4 is 21.3 Å². The van der Waals surface area contributed by atoms with Crippen LogP contribution in [-0.2, 0) is 32.0 Å². The summed E-state index contributed by atoms with van der Waals surface area (Å²) >= 11 is 0. The zero-order chi connectivity index (χ0) is 23.6. The largest absolute Gasteiger partial charge is 0.480 e. The number of amides is 3. The number of nitrogens with one attached hydrogen (secondary N) is 5. The second-order valence-corrected chi connectivity index (χ2v) is 7.86. The minimum atomic E-state index is -1.21. The van der Waals surface area contributed by atoms with E-state index in [-0.39, 0.29) is 24.8 Å². The van der Waals surface area contributed by atoms with Crippen molar-refractivity contribution in [1.82, 2.24) is 31.2 Å². The van der Waals surface area contributed by atoms with Gasteiger partial charge in [-0.05, 0) is 24.9 Å². The van der Waals surface area contributed by atoms with Gasteiger partial charge in [0.15, 0.2) is 0 Å². The van der Waals surface area contributed by atoms with E-state index in [2.05, 4.69) is 31.2 Å². The van der Waals surface area contributed by atoms with E-state index in [1.807, 2.05) is 30.3 Å². The highest BCUT2D eigenvalue weighted by Gasteiger charge is 2.28. The molecular formula is C22H28N6O5. The number of rotatable bonds is 11. The minimum Gasteiger partial charge on any atom is -0.480 e. The van der Waals surface area contributed by atoms with Crippen LogP contribution in [0.25, 0.3) is 0 Å². The van der Waals surface area contributed by atoms with Gasteiger partial charge in [-0.25, -0.2) is 9.78 Å². The van der Waals surface area contributed by atoms with Gasteiger partial charge in [0.1, 0.15) is 12.1 Å². The number of aromatic nitrogens is 2. The third-order valence-corrected chi connectivity index (χ3v) is 5.33. The van der Waals surface area contributed by atoms with Gasteiger partial charge in [0.25, 0.3) is 0 Å². The van der Waals surface area contributed by atoms with Crippen molar-refractivity contribution in [2.75, 3.05) is 13.1 Å². The molecule has 3 rings (SSSR count). The summed E-state index contributed by atoms with van der Waals surface area (Å²) in [6.45, 7) is 0.325. The third kappa shape index (κ3) is 7.42. The molecule has 2 heterocycles. The van der Waals surface area contributed by atoms with E-state index in [0.29, 0.717) is 12.1 Å². The summed E-state index contributed by atoms with van der Waals surface area (Å²) in [5, 5.41) is 20.1. The number of nitrogens with zero attached hydrogens (tertiary/aromatic N) is 1. The molecular weight excluding hydrogens is 428 g/mol. The number of hydrogen-bond donors (Lipinski definition) is 6. The summed E-state index contributed by atoms with van der Waals surface area (Å²) in [5.41, 5.74) is 1.41. The second kappa shape index (κ2) is 11.8. The molecule has 0 saturated carbocycles. The summed E-state index contributed by atoms with van der Waals surface area (Å²) in [5.74, 6) is -2.65. The SMILES string of the molecule is O=C(CNC(=O)C(Cc1ccccc1)NC(=O)C1CCCN1)NC(Cc1cnc[nH]1)C(=O)O. The number of carboxylic acid groups (broad SMARTS) is 1. The van der Waals surface area contributed by atoms with Crippen molar-refractivity contribution < 1.29 is 24.3 Å². The van der Waals surface area contributed by atoms with Crippen LogP contribution >= 0.6 is 0 Å². The number of carbonyl (C=O) groups excluding carboxylic acids is 3. The quantitative estimate of drug-likeness (QED) is 0.255. The van der Waals surface area contributed by atoms with Crippen LogP contribution in [0, 0.1) is 0 Å². The molecule has 0 aliphatic carbocycles. The van der Waals surface area contributed by atoms with Gasteiger partial charge in [-0.1, -0.05) is 30.3 Å². The molecule has 1 aliphatic rings. The smallest absolute Gasteiger partial charge is 0.326 e. The molecule has 1 aromatic heterocycles. The Hall–Kier alpha value is -3.73. The van der Waals surface area contributed by atoms with Crippen LogP contribution in [0.15, 0.2) is 42.9 Å². The first kappa shape index (κ1) is 23.9. The molecule has 3 unspecified atom stereocenters. The van der Waals surface area contributed by atoms with Crippen LogP contribution in [0.5, 0.6) is 0 Å². The predicted molar refractivity (Wildman–Crippen MR) is 118 cm³/mol. The monoisotopic (exact) mass is 456 g/mol. The molecule has 3 amide bonds. The number of carbonyl (C=O) groups is 4. The topological polar surface area (TPSA) is 165 Å². The first-order valence-corrected chi connectivity index (χ1v) is 10.8. The van der Waals surface area contributed by atoms with E-state index in [0.717, 1.165) is 18.5 Å². The normalized spacial score (nSPS) is 17.0. The van der Waals surface area contributed by atoms with Gasteiger partial charge in [0.05, 0.1) is 18.9 Å². The molecule has 3 atom stereocenters. The fraction of sp³-hybridized carbons (Fsp3) is 0.409. The molecule has 33 heavy (non-hydrogen) atoms. The van der Waals surface area contributed by atoms with Gasteiger partial charge in [-0.2, -0.15) is 0 Å². The van der Waals surface area contributed by atoms with E-state index in [4.69, 9.17) is 0 Å². The van der Waals surface area contributed by atoms with E-state index in [1.54, 1.807) is 0 Å². The van der Waals surface area contributed by atoms with E-state index in [9.17, 15) is 24.3 Å². The molecule has 0 spiro atoms. The van der Waals surface area contributed by atoms with Crippen molar-refractivity contribution in [3.8, 4) is 0 Å². The highest BCUT2D eigenvalue weighted by molar-refractivity contribution is 5.92. The van der Waals surface area contributed by atoms with E-state index >= 15 is 0 Å². The van der Waals surface area contributed by atoms with E-state index < -0.39 is 36.4 Å². The van der Waals surface area contributed by atoms with Gasteiger partial charge in [-0.3, -0.25) is 14.4 Å². The van der Waals surface area contributed by atoms with Gasteiger partial charge >= 0.3 is 5.97 Å². The summed E-state index contributed by atoms with van der Waals surface area (Å²) in [6, 6.07) is 6.82. The number of H-pyrrole nitrogens is 1. The Balaban J connectivity index is 1.57. The van der Waals surface area contributed by atoms with Crippen molar-refractivity contribution in [2.45, 2.75) is 43.8 Å². The number of hydrogen-bond acceptors (Lipinski definition) is 6. The van der Waals surface area contributed by atoms with Crippen LogP contribution in [0.4, 0.5) is 0 Å². The number of aromatic amines is 1. The molecule has 0 radical (unpaired) electrons. The predicted octanol–water partition coefficient (Wildman–Crippen LogP) is -0.883. The van der Waals surface area contributed by atoms with Gasteiger partial charge in [0, 0.05) is 24.7 Å². The first-order chi connectivity index (χ1) is 15.9. The van der Waals surface area contributed by atoms with Crippen LogP contribution in [-0.4, -0.2) is 70.0 Å². The summed E-state index contributed by atoms with van der Waals surface area (Å²) in [7, 11) is 0. The van der Waals surface area contributed by atoms with Crippen LogP contribution in [0.1, 0.15) is 24.1 Å². The lowest BCUT2D eigenvalue weighted by Gasteiger charge is -2.21. The fourth-order valence-electron chi connectivity index (χ4n) is 3.59.